The highest BCUT2D eigenvalue weighted by Crippen LogP contribution is 2.44. The second-order valence-corrected chi connectivity index (χ2v) is 10.4. The molecular formula is C28H33BrN2O6. The molecule has 37 heavy (non-hydrogen) atoms. The van der Waals surface area contributed by atoms with E-state index in [1.807, 2.05) is 6.92 Å². The molecule has 4 rings (SSSR count). The van der Waals surface area contributed by atoms with Gasteiger partial charge in [0.05, 0.1) is 37.3 Å². The Morgan fingerprint density at radius 2 is 1.97 bits per heavy atom. The first-order valence-electron chi connectivity index (χ1n) is 12.7. The molecule has 1 amide bonds. The summed E-state index contributed by atoms with van der Waals surface area (Å²) in [5.41, 5.74) is 1.67. The van der Waals surface area contributed by atoms with E-state index in [1.54, 1.807) is 30.3 Å². The highest BCUT2D eigenvalue weighted by atomic mass is 79.9. The van der Waals surface area contributed by atoms with Crippen molar-refractivity contribution in [3.8, 4) is 17.2 Å². The lowest BCUT2D eigenvalue weighted by atomic mass is 9.94. The number of halogens is 1. The lowest BCUT2D eigenvalue weighted by molar-refractivity contribution is -0.896. The van der Waals surface area contributed by atoms with E-state index in [2.05, 4.69) is 29.8 Å². The summed E-state index contributed by atoms with van der Waals surface area (Å²) in [4.78, 5) is 29.5. The standard InChI is InChI=1S/C28H33BrN2O6/c1-5-30(6-2)10-7-11-31-24(19-14-20(29)26(33)22(15-19)36-4)23(27(34)28(31)35)25(32)17-8-9-21-18(13-17)12-16(3)37-21/h8-9,13-16,24,32-33H,5-7,10-12H2,1-4H3. The molecule has 1 fully saturated rings. The molecule has 0 radical (unpaired) electrons. The molecule has 2 aliphatic heterocycles. The Bertz CT molecular complexity index is 1240. The lowest BCUT2D eigenvalue weighted by Crippen LogP contribution is -3.11. The topological polar surface area (TPSA) is 104 Å². The van der Waals surface area contributed by atoms with Crippen molar-refractivity contribution in [2.45, 2.75) is 45.8 Å². The fraction of sp³-hybridized carbons (Fsp3) is 0.429. The number of amides is 1. The number of phenolic OH excluding ortho intramolecular Hbond substituents is 1. The van der Waals surface area contributed by atoms with Crippen molar-refractivity contribution in [2.75, 3.05) is 33.3 Å². The molecule has 2 N–H and O–H groups in total. The number of rotatable bonds is 9. The number of methoxy groups -OCH3 is 1. The fourth-order valence-corrected chi connectivity index (χ4v) is 5.64. The van der Waals surface area contributed by atoms with E-state index < -0.39 is 23.5 Å². The van der Waals surface area contributed by atoms with Gasteiger partial charge in [0.15, 0.2) is 11.5 Å². The van der Waals surface area contributed by atoms with Crippen molar-refractivity contribution in [3.63, 3.8) is 0 Å². The van der Waals surface area contributed by atoms with Gasteiger partial charge in [-0.05, 0) is 77.7 Å². The van der Waals surface area contributed by atoms with Gasteiger partial charge in [-0.3, -0.25) is 9.59 Å². The van der Waals surface area contributed by atoms with E-state index in [9.17, 15) is 19.8 Å². The zero-order valence-electron chi connectivity index (χ0n) is 21.6. The number of hydrogen-bond donors (Lipinski definition) is 2. The highest BCUT2D eigenvalue weighted by Gasteiger charge is 2.44. The summed E-state index contributed by atoms with van der Waals surface area (Å²) in [7, 11) is 1.42. The molecule has 0 aliphatic carbocycles. The van der Waals surface area contributed by atoms with Crippen LogP contribution in [0.1, 0.15) is 49.9 Å². The molecule has 0 spiro atoms. The summed E-state index contributed by atoms with van der Waals surface area (Å²) in [6, 6.07) is 7.44. The van der Waals surface area contributed by atoms with E-state index >= 15 is 0 Å². The van der Waals surface area contributed by atoms with Gasteiger partial charge in [-0.25, -0.2) is 0 Å². The van der Waals surface area contributed by atoms with E-state index in [-0.39, 0.29) is 23.2 Å². The second kappa shape index (κ2) is 11.1. The SMILES string of the molecule is CC[NH+](CC)CCCN1C(=O)C(=O)C(=C([O-])c2ccc3c(c2)CC(C)O3)C1c1cc(Br)c(O)c(OC)c1. The highest BCUT2D eigenvalue weighted by molar-refractivity contribution is 9.10. The zero-order chi connectivity index (χ0) is 26.9. The Morgan fingerprint density at radius 3 is 2.65 bits per heavy atom. The van der Waals surface area contributed by atoms with Gasteiger partial charge in [-0.1, -0.05) is 11.8 Å². The van der Waals surface area contributed by atoms with Gasteiger partial charge in [-0.15, -0.1) is 0 Å². The summed E-state index contributed by atoms with van der Waals surface area (Å²) in [6.07, 6.45) is 1.36. The first kappa shape index (κ1) is 27.0. The summed E-state index contributed by atoms with van der Waals surface area (Å²) in [5.74, 6) is -1.15. The molecule has 0 aromatic heterocycles. The molecule has 2 unspecified atom stereocenters. The molecule has 9 heteroatoms. The second-order valence-electron chi connectivity index (χ2n) is 9.54. The summed E-state index contributed by atoms with van der Waals surface area (Å²) < 4.78 is 11.4. The van der Waals surface area contributed by atoms with Crippen LogP contribution in [0.2, 0.25) is 0 Å². The molecule has 198 valence electrons. The van der Waals surface area contributed by atoms with Crippen molar-refractivity contribution in [3.05, 3.63) is 57.1 Å². The third-order valence-electron chi connectivity index (χ3n) is 7.20. The normalized spacial score (nSPS) is 20.4. The number of carbonyl (C=O) groups is 2. The zero-order valence-corrected chi connectivity index (χ0v) is 23.2. The maximum Gasteiger partial charge on any atom is 0.295 e. The van der Waals surface area contributed by atoms with E-state index in [0.29, 0.717) is 35.0 Å². The number of nitrogens with zero attached hydrogens (tertiary/aromatic N) is 1. The van der Waals surface area contributed by atoms with Crippen LogP contribution in [-0.2, 0) is 16.0 Å². The molecule has 2 atom stereocenters. The summed E-state index contributed by atoms with van der Waals surface area (Å²) in [6.45, 7) is 9.27. The van der Waals surface area contributed by atoms with Crippen LogP contribution in [-0.4, -0.2) is 61.1 Å². The Kier molecular flexibility index (Phi) is 8.14. The third kappa shape index (κ3) is 5.20. The Balaban J connectivity index is 1.80. The number of nitrogens with one attached hydrogen (secondary N) is 1. The number of ketones is 1. The molecule has 2 aliphatic rings. The van der Waals surface area contributed by atoms with Crippen molar-refractivity contribution in [1.82, 2.24) is 4.90 Å². The minimum absolute atomic E-state index is 0.0145. The number of likely N-dealkylation sites (tertiary alicyclic amines) is 1. The number of aromatic hydroxyl groups is 1. The van der Waals surface area contributed by atoms with E-state index in [0.717, 1.165) is 30.9 Å². The summed E-state index contributed by atoms with van der Waals surface area (Å²) in [5, 5.41) is 24.2. The van der Waals surface area contributed by atoms with Crippen LogP contribution >= 0.6 is 15.9 Å². The summed E-state index contributed by atoms with van der Waals surface area (Å²) >= 11 is 3.34. The van der Waals surface area contributed by atoms with Crippen LogP contribution in [0.3, 0.4) is 0 Å². The maximum atomic E-state index is 13.8. The van der Waals surface area contributed by atoms with E-state index in [4.69, 9.17) is 9.47 Å². The van der Waals surface area contributed by atoms with Crippen molar-refractivity contribution < 1.29 is 34.2 Å². The molecule has 0 bridgehead atoms. The van der Waals surface area contributed by atoms with Gasteiger partial charge < -0.3 is 29.5 Å². The minimum Gasteiger partial charge on any atom is -0.872 e. The minimum atomic E-state index is -0.895. The lowest BCUT2D eigenvalue weighted by Gasteiger charge is -2.28. The molecule has 0 saturated carbocycles. The number of benzene rings is 2. The molecule has 2 aromatic rings. The molecule has 2 aromatic carbocycles. The Labute approximate surface area is 225 Å². The van der Waals surface area contributed by atoms with Gasteiger partial charge in [0.2, 0.25) is 5.78 Å². The van der Waals surface area contributed by atoms with Gasteiger partial charge >= 0.3 is 0 Å². The predicted octanol–water partition coefficient (Wildman–Crippen LogP) is 2.03. The van der Waals surface area contributed by atoms with Crippen LogP contribution in [0, 0.1) is 0 Å². The number of ether oxygens (including phenoxy) is 2. The number of fused-ring (bicyclic) bond motifs is 1. The average molecular weight is 573 g/mol. The number of hydrogen-bond acceptors (Lipinski definition) is 6. The first-order valence-corrected chi connectivity index (χ1v) is 13.5. The van der Waals surface area contributed by atoms with Crippen molar-refractivity contribution in [1.29, 1.82) is 0 Å². The van der Waals surface area contributed by atoms with Crippen LogP contribution in [0.5, 0.6) is 17.2 Å². The number of quaternary nitrogens is 1. The largest absolute Gasteiger partial charge is 0.872 e. The molecule has 2 heterocycles. The number of phenols is 1. The van der Waals surface area contributed by atoms with Crippen LogP contribution in [0.25, 0.3) is 5.76 Å². The van der Waals surface area contributed by atoms with Gasteiger partial charge in [-0.2, -0.15) is 0 Å². The Hall–Kier alpha value is -3.04. The molecule has 8 nitrogen and oxygen atoms in total. The molecule has 1 saturated heterocycles. The monoisotopic (exact) mass is 572 g/mol. The van der Waals surface area contributed by atoms with Crippen LogP contribution in [0.4, 0.5) is 0 Å². The van der Waals surface area contributed by atoms with Crippen LogP contribution < -0.4 is 19.5 Å². The van der Waals surface area contributed by atoms with Gasteiger partial charge in [0.25, 0.3) is 5.91 Å². The smallest absolute Gasteiger partial charge is 0.295 e. The third-order valence-corrected chi connectivity index (χ3v) is 7.81. The van der Waals surface area contributed by atoms with Crippen LogP contribution in [0.15, 0.2) is 40.4 Å². The first-order chi connectivity index (χ1) is 17.7. The van der Waals surface area contributed by atoms with E-state index in [1.165, 1.54) is 16.9 Å². The number of carbonyl (C=O) groups excluding carboxylic acids is 2. The van der Waals surface area contributed by atoms with Gasteiger partial charge in [0.1, 0.15) is 11.9 Å². The fourth-order valence-electron chi connectivity index (χ4n) is 5.18. The quantitative estimate of drug-likeness (QED) is 0.271. The Morgan fingerprint density at radius 1 is 1.24 bits per heavy atom. The van der Waals surface area contributed by atoms with Gasteiger partial charge in [0, 0.05) is 25.0 Å². The average Bonchev–Trinajstić information content (AvgIpc) is 3.38. The van der Waals surface area contributed by atoms with Crippen molar-refractivity contribution >= 4 is 33.4 Å². The molecular weight excluding hydrogens is 540 g/mol. The predicted molar refractivity (Wildman–Crippen MR) is 141 cm³/mol. The number of Topliss-reactive ketones (excluding diaryl/α,β-unsaturated/α-hetero) is 1. The maximum absolute atomic E-state index is 13.8. The van der Waals surface area contributed by atoms with Crippen molar-refractivity contribution in [2.24, 2.45) is 0 Å².